The molecule has 1 aliphatic heterocycles. The van der Waals surface area contributed by atoms with Crippen molar-refractivity contribution in [2.24, 2.45) is 0 Å². The Morgan fingerprint density at radius 3 is 2.76 bits per heavy atom. The largest absolute Gasteiger partial charge is 0.356 e. The van der Waals surface area contributed by atoms with Gasteiger partial charge in [-0.2, -0.15) is 0 Å². The molecule has 1 amide bonds. The van der Waals surface area contributed by atoms with E-state index in [1.54, 1.807) is 12.1 Å². The predicted molar refractivity (Wildman–Crippen MR) is 139 cm³/mol. The van der Waals surface area contributed by atoms with E-state index in [2.05, 4.69) is 27.3 Å². The molecule has 5 rings (SSSR count). The summed E-state index contributed by atoms with van der Waals surface area (Å²) >= 11 is 7.58. The van der Waals surface area contributed by atoms with Gasteiger partial charge in [0.25, 0.3) is 5.91 Å². The number of benzene rings is 3. The van der Waals surface area contributed by atoms with E-state index in [-0.39, 0.29) is 17.2 Å². The number of para-hydroxylation sites is 1. The van der Waals surface area contributed by atoms with Crippen molar-refractivity contribution >= 4 is 51.9 Å². The highest BCUT2D eigenvalue weighted by Gasteiger charge is 2.28. The molecule has 34 heavy (non-hydrogen) atoms. The van der Waals surface area contributed by atoms with Crippen LogP contribution in [0.15, 0.2) is 71.6 Å². The third-order valence-corrected chi connectivity index (χ3v) is 7.27. The molecule has 2 heterocycles. The van der Waals surface area contributed by atoms with Crippen LogP contribution in [-0.4, -0.2) is 16.0 Å². The van der Waals surface area contributed by atoms with Gasteiger partial charge in [0.2, 0.25) is 0 Å². The predicted octanol–water partition coefficient (Wildman–Crippen LogP) is 6.70. The van der Waals surface area contributed by atoms with Gasteiger partial charge in [0.15, 0.2) is 5.50 Å². The second-order valence-electron chi connectivity index (χ2n) is 8.32. The molecule has 0 saturated carbocycles. The van der Waals surface area contributed by atoms with Crippen LogP contribution in [0.4, 0.5) is 10.1 Å². The summed E-state index contributed by atoms with van der Waals surface area (Å²) in [4.78, 5) is 13.4. The van der Waals surface area contributed by atoms with E-state index in [9.17, 15) is 9.18 Å². The third kappa shape index (κ3) is 4.43. The minimum Gasteiger partial charge on any atom is -0.356 e. The number of aromatic nitrogens is 1. The van der Waals surface area contributed by atoms with Crippen molar-refractivity contribution in [2.75, 3.05) is 5.32 Å². The number of nitrogens with one attached hydrogen (secondary N) is 2. The number of thioether (sulfide) groups is 1. The Morgan fingerprint density at radius 1 is 1.12 bits per heavy atom. The molecule has 4 aromatic rings. The summed E-state index contributed by atoms with van der Waals surface area (Å²) in [6, 6.07) is 20.4. The summed E-state index contributed by atoms with van der Waals surface area (Å²) in [6.45, 7) is 4.58. The van der Waals surface area contributed by atoms with Crippen molar-refractivity contribution in [1.82, 2.24) is 9.88 Å². The maximum atomic E-state index is 13.8. The standard InChI is InChI=1S/C27H23ClFN3OS/c1-16-10-11-19(28)13-23(16)30-27-31-26(33)25(34-27)14-22-17(2)32(24-9-4-3-8-21(22)24)15-18-6-5-7-20(29)12-18/h3-14,27,30H,15H2,1-2H3,(H,31,33)/b25-14-. The van der Waals surface area contributed by atoms with Crippen LogP contribution in [0.2, 0.25) is 5.02 Å². The number of carbonyl (C=O) groups is 1. The zero-order chi connectivity index (χ0) is 23.8. The molecule has 172 valence electrons. The molecule has 1 atom stereocenters. The Balaban J connectivity index is 1.47. The van der Waals surface area contributed by atoms with E-state index in [1.165, 1.54) is 17.8 Å². The summed E-state index contributed by atoms with van der Waals surface area (Å²) in [5.41, 5.74) is 5.58. The number of fused-ring (bicyclic) bond motifs is 1. The molecule has 4 nitrogen and oxygen atoms in total. The van der Waals surface area contributed by atoms with E-state index in [4.69, 9.17) is 11.6 Å². The smallest absolute Gasteiger partial charge is 0.260 e. The van der Waals surface area contributed by atoms with Crippen LogP contribution in [0.1, 0.15) is 22.4 Å². The van der Waals surface area contributed by atoms with Crippen LogP contribution in [-0.2, 0) is 11.3 Å². The minimum absolute atomic E-state index is 0.122. The maximum absolute atomic E-state index is 13.8. The van der Waals surface area contributed by atoms with Gasteiger partial charge in [0.05, 0.1) is 4.91 Å². The van der Waals surface area contributed by atoms with Gasteiger partial charge in [-0.25, -0.2) is 4.39 Å². The lowest BCUT2D eigenvalue weighted by molar-refractivity contribution is -0.116. The molecule has 0 bridgehead atoms. The lowest BCUT2D eigenvalue weighted by Crippen LogP contribution is -2.31. The number of hydrogen-bond acceptors (Lipinski definition) is 3. The van der Waals surface area contributed by atoms with Crippen LogP contribution in [0.25, 0.3) is 17.0 Å². The van der Waals surface area contributed by atoms with E-state index in [0.29, 0.717) is 16.5 Å². The number of aryl methyl sites for hydroxylation is 1. The first-order valence-corrected chi connectivity index (χ1v) is 12.2. The van der Waals surface area contributed by atoms with Crippen molar-refractivity contribution < 1.29 is 9.18 Å². The number of anilines is 1. The Bertz CT molecular complexity index is 1450. The average Bonchev–Trinajstić information content (AvgIpc) is 3.28. The van der Waals surface area contributed by atoms with Crippen molar-refractivity contribution in [3.05, 3.63) is 105 Å². The lowest BCUT2D eigenvalue weighted by atomic mass is 10.1. The van der Waals surface area contributed by atoms with Crippen LogP contribution in [0.5, 0.6) is 0 Å². The van der Waals surface area contributed by atoms with Crippen LogP contribution in [0, 0.1) is 19.7 Å². The van der Waals surface area contributed by atoms with Gasteiger partial charge in [-0.3, -0.25) is 4.79 Å². The van der Waals surface area contributed by atoms with Gasteiger partial charge in [0.1, 0.15) is 5.82 Å². The summed E-state index contributed by atoms with van der Waals surface area (Å²) in [5, 5.41) is 8.04. The van der Waals surface area contributed by atoms with Gasteiger partial charge >= 0.3 is 0 Å². The monoisotopic (exact) mass is 491 g/mol. The first kappa shape index (κ1) is 22.6. The molecule has 1 fully saturated rings. The zero-order valence-corrected chi connectivity index (χ0v) is 20.3. The average molecular weight is 492 g/mol. The topological polar surface area (TPSA) is 46.1 Å². The zero-order valence-electron chi connectivity index (χ0n) is 18.7. The molecule has 0 radical (unpaired) electrons. The molecule has 1 aliphatic rings. The fourth-order valence-corrected chi connectivity index (χ4v) is 5.38. The number of halogens is 2. The molecule has 3 aromatic carbocycles. The minimum atomic E-state index is -0.295. The van der Waals surface area contributed by atoms with Crippen molar-refractivity contribution in [2.45, 2.75) is 25.9 Å². The van der Waals surface area contributed by atoms with Crippen molar-refractivity contribution in [3.63, 3.8) is 0 Å². The van der Waals surface area contributed by atoms with Crippen LogP contribution in [0.3, 0.4) is 0 Å². The number of hydrogen-bond donors (Lipinski definition) is 2. The Labute approximate surface area is 206 Å². The molecular weight excluding hydrogens is 469 g/mol. The fraction of sp³-hybridized carbons (Fsp3) is 0.148. The quantitative estimate of drug-likeness (QED) is 0.305. The molecular formula is C27H23ClFN3OS. The highest BCUT2D eigenvalue weighted by Crippen LogP contribution is 2.35. The van der Waals surface area contributed by atoms with Crippen LogP contribution >= 0.6 is 23.4 Å². The number of rotatable bonds is 5. The molecule has 7 heteroatoms. The number of nitrogens with zero attached hydrogens (tertiary/aromatic N) is 1. The summed E-state index contributed by atoms with van der Waals surface area (Å²) < 4.78 is 15.9. The Kier molecular flexibility index (Phi) is 6.11. The second-order valence-corrected chi connectivity index (χ2v) is 9.90. The molecule has 2 N–H and O–H groups in total. The van der Waals surface area contributed by atoms with Crippen LogP contribution < -0.4 is 10.6 Å². The third-order valence-electron chi connectivity index (χ3n) is 6.00. The van der Waals surface area contributed by atoms with Gasteiger partial charge in [-0.05, 0) is 61.4 Å². The number of carbonyl (C=O) groups excluding carboxylic acids is 1. The highest BCUT2D eigenvalue weighted by molar-refractivity contribution is 8.05. The summed E-state index contributed by atoms with van der Waals surface area (Å²) in [5.74, 6) is -0.370. The van der Waals surface area contributed by atoms with E-state index in [0.717, 1.165) is 39.0 Å². The molecule has 1 aromatic heterocycles. The second kappa shape index (κ2) is 9.20. The first-order chi connectivity index (χ1) is 16.4. The maximum Gasteiger partial charge on any atom is 0.260 e. The van der Waals surface area contributed by atoms with E-state index >= 15 is 0 Å². The Morgan fingerprint density at radius 2 is 1.94 bits per heavy atom. The number of amides is 1. The summed E-state index contributed by atoms with van der Waals surface area (Å²) in [6.07, 6.45) is 1.95. The van der Waals surface area contributed by atoms with E-state index < -0.39 is 0 Å². The first-order valence-electron chi connectivity index (χ1n) is 10.9. The normalized spacial score (nSPS) is 16.9. The highest BCUT2D eigenvalue weighted by atomic mass is 35.5. The van der Waals surface area contributed by atoms with Gasteiger partial charge in [0, 0.05) is 39.4 Å². The van der Waals surface area contributed by atoms with Crippen molar-refractivity contribution in [3.8, 4) is 0 Å². The fourth-order valence-electron chi connectivity index (χ4n) is 4.25. The van der Waals surface area contributed by atoms with Gasteiger partial charge in [-0.1, -0.05) is 59.8 Å². The summed E-state index contributed by atoms with van der Waals surface area (Å²) in [7, 11) is 0. The molecule has 0 spiro atoms. The van der Waals surface area contributed by atoms with E-state index in [1.807, 2.05) is 56.3 Å². The molecule has 1 saturated heterocycles. The van der Waals surface area contributed by atoms with Crippen molar-refractivity contribution in [1.29, 1.82) is 0 Å². The van der Waals surface area contributed by atoms with Gasteiger partial charge < -0.3 is 15.2 Å². The SMILES string of the molecule is Cc1ccc(Cl)cc1NC1NC(=O)/C(=C/c2c(C)n(Cc3cccc(F)c3)c3ccccc23)S1. The van der Waals surface area contributed by atoms with Gasteiger partial charge in [-0.15, -0.1) is 0 Å². The lowest BCUT2D eigenvalue weighted by Gasteiger charge is -2.15. The Hall–Kier alpha value is -3.22. The molecule has 1 unspecified atom stereocenters. The molecule has 0 aliphatic carbocycles.